The van der Waals surface area contributed by atoms with E-state index in [1.807, 2.05) is 0 Å². The van der Waals surface area contributed by atoms with Gasteiger partial charge in [0.25, 0.3) is 0 Å². The second-order valence-electron chi connectivity index (χ2n) is 6.07. The van der Waals surface area contributed by atoms with E-state index in [4.69, 9.17) is 16.3 Å². The van der Waals surface area contributed by atoms with E-state index in [0.717, 1.165) is 0 Å². The third-order valence-corrected chi connectivity index (χ3v) is 5.10. The number of rotatable bonds is 8. The van der Waals surface area contributed by atoms with E-state index in [2.05, 4.69) is 14.7 Å². The predicted molar refractivity (Wildman–Crippen MR) is 106 cm³/mol. The Labute approximate surface area is 173 Å². The van der Waals surface area contributed by atoms with Crippen LogP contribution < -0.4 is 9.46 Å². The summed E-state index contributed by atoms with van der Waals surface area (Å²) in [4.78, 5) is 21.4. The number of hydrogen-bond acceptors (Lipinski definition) is 6. The third kappa shape index (κ3) is 4.94. The van der Waals surface area contributed by atoms with Gasteiger partial charge in [0.1, 0.15) is 5.82 Å². The summed E-state index contributed by atoms with van der Waals surface area (Å²) in [6.07, 6.45) is 2.28. The van der Waals surface area contributed by atoms with Crippen molar-refractivity contribution in [3.05, 3.63) is 64.1 Å². The van der Waals surface area contributed by atoms with Crippen molar-refractivity contribution in [1.82, 2.24) is 14.7 Å². The van der Waals surface area contributed by atoms with Crippen LogP contribution in [-0.4, -0.2) is 38.2 Å². The molecule has 0 amide bonds. The molecule has 0 radical (unpaired) electrons. The molecular weight excluding hydrogens is 421 g/mol. The molecular formula is C19H16ClFN3O4S-. The largest absolute Gasteiger partial charge is 0.760 e. The van der Waals surface area contributed by atoms with Crippen molar-refractivity contribution in [3.8, 4) is 5.88 Å². The zero-order valence-electron chi connectivity index (χ0n) is 15.3. The lowest BCUT2D eigenvalue weighted by Gasteiger charge is -2.12. The Morgan fingerprint density at radius 2 is 2.10 bits per heavy atom. The smallest absolute Gasteiger partial charge is 0.232 e. The number of benzene rings is 2. The quantitative estimate of drug-likeness (QED) is 0.330. The third-order valence-electron chi connectivity index (χ3n) is 4.23. The number of halogens is 2. The van der Waals surface area contributed by atoms with E-state index in [-0.39, 0.29) is 22.7 Å². The molecule has 1 aromatic heterocycles. The van der Waals surface area contributed by atoms with Crippen molar-refractivity contribution in [2.24, 2.45) is 0 Å². The Morgan fingerprint density at radius 1 is 1.31 bits per heavy atom. The summed E-state index contributed by atoms with van der Waals surface area (Å²) >= 11 is 3.96. The van der Waals surface area contributed by atoms with Crippen molar-refractivity contribution >= 4 is 39.7 Å². The summed E-state index contributed by atoms with van der Waals surface area (Å²) in [5.41, 5.74) is 1.52. The van der Waals surface area contributed by atoms with E-state index >= 15 is 0 Å². The van der Waals surface area contributed by atoms with Crippen LogP contribution >= 0.6 is 11.6 Å². The van der Waals surface area contributed by atoms with Gasteiger partial charge in [-0.05, 0) is 42.7 Å². The van der Waals surface area contributed by atoms with Crippen molar-refractivity contribution < 1.29 is 22.7 Å². The average Bonchev–Trinajstić information content (AvgIpc) is 2.71. The fraction of sp³-hybridized carbons (Fsp3) is 0.211. The summed E-state index contributed by atoms with van der Waals surface area (Å²) in [6.45, 7) is 0.207. The number of ketones is 1. The number of nitrogens with zero attached hydrogens (tertiary/aromatic N) is 2. The van der Waals surface area contributed by atoms with Gasteiger partial charge in [0.05, 0.1) is 34.9 Å². The Kier molecular flexibility index (Phi) is 6.86. The topological polar surface area (TPSA) is 104 Å². The maximum Gasteiger partial charge on any atom is 0.232 e. The maximum atomic E-state index is 14.4. The molecule has 1 heterocycles. The fourth-order valence-electron chi connectivity index (χ4n) is 2.81. The van der Waals surface area contributed by atoms with Gasteiger partial charge in [-0.2, -0.15) is 0 Å². The van der Waals surface area contributed by atoms with Crippen LogP contribution in [0.3, 0.4) is 0 Å². The molecule has 7 nitrogen and oxygen atoms in total. The van der Waals surface area contributed by atoms with Crippen LogP contribution in [0.15, 0.2) is 36.5 Å². The molecule has 0 saturated carbocycles. The Balaban J connectivity index is 1.91. The minimum atomic E-state index is -2.35. The first-order chi connectivity index (χ1) is 13.9. The number of carbonyl (C=O) groups is 1. The summed E-state index contributed by atoms with van der Waals surface area (Å²) in [5.74, 6) is -1.03. The lowest BCUT2D eigenvalue weighted by Crippen LogP contribution is -2.18. The van der Waals surface area contributed by atoms with E-state index in [1.54, 1.807) is 6.07 Å². The SMILES string of the molecule is COc1cnc2ccc(C(=O)c3c(F)ccc(CCCNS(=O)[O-])c3Cl)cc2n1. The highest BCUT2D eigenvalue weighted by molar-refractivity contribution is 7.77. The van der Waals surface area contributed by atoms with Gasteiger partial charge in [0, 0.05) is 23.4 Å². The molecule has 0 aliphatic heterocycles. The molecule has 1 atom stereocenters. The molecule has 29 heavy (non-hydrogen) atoms. The van der Waals surface area contributed by atoms with Gasteiger partial charge in [-0.25, -0.2) is 19.1 Å². The Morgan fingerprint density at radius 3 is 2.83 bits per heavy atom. The molecule has 0 fully saturated rings. The minimum absolute atomic E-state index is 0.00932. The summed E-state index contributed by atoms with van der Waals surface area (Å²) in [7, 11) is 1.45. The highest BCUT2D eigenvalue weighted by atomic mass is 35.5. The monoisotopic (exact) mass is 436 g/mol. The van der Waals surface area contributed by atoms with Gasteiger partial charge in [0.15, 0.2) is 5.78 Å². The summed E-state index contributed by atoms with van der Waals surface area (Å²) < 4.78 is 42.7. The van der Waals surface area contributed by atoms with Crippen LogP contribution in [0.5, 0.6) is 5.88 Å². The molecule has 3 aromatic rings. The number of methoxy groups -OCH3 is 1. The van der Waals surface area contributed by atoms with E-state index in [0.29, 0.717) is 35.3 Å². The molecule has 0 spiro atoms. The van der Waals surface area contributed by atoms with Gasteiger partial charge in [-0.15, -0.1) is 0 Å². The van der Waals surface area contributed by atoms with Gasteiger partial charge < -0.3 is 9.29 Å². The number of fused-ring (bicyclic) bond motifs is 1. The average molecular weight is 437 g/mol. The lowest BCUT2D eigenvalue weighted by atomic mass is 9.98. The highest BCUT2D eigenvalue weighted by Crippen LogP contribution is 2.28. The number of nitrogens with one attached hydrogen (secondary N) is 1. The molecule has 10 heteroatoms. The van der Waals surface area contributed by atoms with Gasteiger partial charge >= 0.3 is 0 Å². The zero-order chi connectivity index (χ0) is 21.0. The fourth-order valence-corrected chi connectivity index (χ4v) is 3.45. The predicted octanol–water partition coefficient (Wildman–Crippen LogP) is 2.98. The number of aromatic nitrogens is 2. The number of carbonyl (C=O) groups excluding carboxylic acids is 1. The van der Waals surface area contributed by atoms with Crippen LogP contribution in [0.1, 0.15) is 27.9 Å². The molecule has 1 unspecified atom stereocenters. The van der Waals surface area contributed by atoms with E-state index < -0.39 is 22.9 Å². The second kappa shape index (κ2) is 9.36. The number of aryl methyl sites for hydroxylation is 1. The summed E-state index contributed by atoms with van der Waals surface area (Å²) in [5, 5.41) is 0.00932. The van der Waals surface area contributed by atoms with Crippen LogP contribution in [0.2, 0.25) is 5.02 Å². The van der Waals surface area contributed by atoms with Crippen molar-refractivity contribution in [1.29, 1.82) is 0 Å². The van der Waals surface area contributed by atoms with Crippen LogP contribution in [0, 0.1) is 5.82 Å². The van der Waals surface area contributed by atoms with E-state index in [9.17, 15) is 17.9 Å². The first-order valence-corrected chi connectivity index (χ1v) is 10.0. The normalized spacial score (nSPS) is 12.1. The van der Waals surface area contributed by atoms with Crippen LogP contribution in [-0.2, 0) is 17.7 Å². The molecule has 0 aliphatic rings. The van der Waals surface area contributed by atoms with Crippen LogP contribution in [0.25, 0.3) is 11.0 Å². The molecule has 0 saturated heterocycles. The maximum absolute atomic E-state index is 14.4. The van der Waals surface area contributed by atoms with Crippen molar-refractivity contribution in [3.63, 3.8) is 0 Å². The van der Waals surface area contributed by atoms with Gasteiger partial charge in [-0.1, -0.05) is 17.7 Å². The second-order valence-corrected chi connectivity index (χ2v) is 7.21. The molecule has 1 N–H and O–H groups in total. The minimum Gasteiger partial charge on any atom is -0.760 e. The molecule has 0 bridgehead atoms. The molecule has 0 aliphatic carbocycles. The first kappa shape index (κ1) is 21.3. The van der Waals surface area contributed by atoms with Crippen LogP contribution in [0.4, 0.5) is 4.39 Å². The number of ether oxygens (including phenoxy) is 1. The van der Waals surface area contributed by atoms with Crippen molar-refractivity contribution in [2.45, 2.75) is 12.8 Å². The standard InChI is InChI=1S/C19H17ClFN3O4S/c1-28-16-10-22-14-7-5-12(9-15(14)24-16)19(25)17-13(21)6-4-11(18(17)20)3-2-8-23-29(26)27/h4-7,9-10,23H,2-3,8H2,1H3,(H,26,27)/p-1. The number of hydrogen-bond donors (Lipinski definition) is 1. The zero-order valence-corrected chi connectivity index (χ0v) is 16.8. The Hall–Kier alpha value is -2.46. The molecule has 2 aromatic carbocycles. The first-order valence-electron chi connectivity index (χ1n) is 8.56. The van der Waals surface area contributed by atoms with Gasteiger partial charge in [-0.3, -0.25) is 9.00 Å². The lowest BCUT2D eigenvalue weighted by molar-refractivity contribution is 0.103. The van der Waals surface area contributed by atoms with Gasteiger partial charge in [0.2, 0.25) is 5.88 Å². The molecule has 3 rings (SSSR count). The Bertz CT molecular complexity index is 1100. The summed E-state index contributed by atoms with van der Waals surface area (Å²) in [6, 6.07) is 7.31. The molecule has 152 valence electrons. The van der Waals surface area contributed by atoms with Crippen molar-refractivity contribution in [2.75, 3.05) is 13.7 Å². The highest BCUT2D eigenvalue weighted by Gasteiger charge is 2.21. The van der Waals surface area contributed by atoms with E-state index in [1.165, 1.54) is 37.6 Å².